The van der Waals surface area contributed by atoms with Crippen molar-refractivity contribution in [3.8, 4) is 0 Å². The summed E-state index contributed by atoms with van der Waals surface area (Å²) in [6.07, 6.45) is 5.71. The highest BCUT2D eigenvalue weighted by atomic mass is 15.2. The van der Waals surface area contributed by atoms with Crippen LogP contribution in [0.1, 0.15) is 38.7 Å². The molecule has 0 aromatic carbocycles. The molecule has 1 aliphatic rings. The number of rotatable bonds is 6. The molecule has 1 N–H and O–H groups in total. The molecule has 1 fully saturated rings. The van der Waals surface area contributed by atoms with Crippen LogP contribution in [-0.2, 0) is 0 Å². The van der Waals surface area contributed by atoms with Gasteiger partial charge in [0.2, 0.25) is 5.95 Å². The summed E-state index contributed by atoms with van der Waals surface area (Å²) < 4.78 is 0. The second kappa shape index (κ2) is 5.55. The Hall–Kier alpha value is -1.32. The lowest BCUT2D eigenvalue weighted by atomic mass is 10.2. The van der Waals surface area contributed by atoms with Crippen molar-refractivity contribution in [2.24, 2.45) is 5.92 Å². The number of anilines is 2. The number of nitrogens with one attached hydrogen (secondary N) is 1. The molecule has 0 aliphatic heterocycles. The summed E-state index contributed by atoms with van der Waals surface area (Å²) in [6, 6.07) is 0.567. The first-order valence-electron chi connectivity index (χ1n) is 6.93. The molecule has 18 heavy (non-hydrogen) atoms. The van der Waals surface area contributed by atoms with E-state index in [2.05, 4.69) is 48.0 Å². The van der Waals surface area contributed by atoms with Crippen molar-refractivity contribution in [2.45, 2.75) is 46.1 Å². The van der Waals surface area contributed by atoms with Crippen LogP contribution >= 0.6 is 0 Å². The van der Waals surface area contributed by atoms with Crippen molar-refractivity contribution in [3.05, 3.63) is 11.8 Å². The zero-order chi connectivity index (χ0) is 13.1. The minimum absolute atomic E-state index is 0.567. The summed E-state index contributed by atoms with van der Waals surface area (Å²) in [5, 5.41) is 3.25. The normalized spacial score (nSPS) is 16.4. The Morgan fingerprint density at radius 3 is 2.83 bits per heavy atom. The molecule has 0 amide bonds. The van der Waals surface area contributed by atoms with E-state index in [1.54, 1.807) is 0 Å². The van der Waals surface area contributed by atoms with Gasteiger partial charge in [-0.2, -0.15) is 4.98 Å². The maximum Gasteiger partial charge on any atom is 0.224 e. The molecule has 0 radical (unpaired) electrons. The predicted octanol–water partition coefficient (Wildman–Crippen LogP) is 2.84. The van der Waals surface area contributed by atoms with E-state index in [0.717, 1.165) is 36.2 Å². The van der Waals surface area contributed by atoms with Gasteiger partial charge in [-0.3, -0.25) is 0 Å². The van der Waals surface area contributed by atoms with Gasteiger partial charge in [-0.25, -0.2) is 4.98 Å². The number of aryl methyl sites for hydroxylation is 1. The van der Waals surface area contributed by atoms with E-state index >= 15 is 0 Å². The first-order valence-corrected chi connectivity index (χ1v) is 6.93. The van der Waals surface area contributed by atoms with Crippen LogP contribution < -0.4 is 10.2 Å². The molecule has 4 nitrogen and oxygen atoms in total. The van der Waals surface area contributed by atoms with Gasteiger partial charge in [-0.05, 0) is 39.0 Å². The minimum atomic E-state index is 0.567. The average Bonchev–Trinajstić information content (AvgIpc) is 3.20. The average molecular weight is 248 g/mol. The largest absolute Gasteiger partial charge is 0.356 e. The molecule has 0 bridgehead atoms. The van der Waals surface area contributed by atoms with E-state index in [1.165, 1.54) is 12.8 Å². The molecule has 2 rings (SSSR count). The Labute approximate surface area is 110 Å². The third kappa shape index (κ3) is 2.92. The zero-order valence-corrected chi connectivity index (χ0v) is 11.9. The number of nitrogens with zero attached hydrogens (tertiary/aromatic N) is 3. The third-order valence-corrected chi connectivity index (χ3v) is 3.73. The van der Waals surface area contributed by atoms with Crippen molar-refractivity contribution in [2.75, 3.05) is 23.8 Å². The van der Waals surface area contributed by atoms with E-state index in [0.29, 0.717) is 6.04 Å². The van der Waals surface area contributed by atoms with Gasteiger partial charge in [0.25, 0.3) is 0 Å². The van der Waals surface area contributed by atoms with Crippen molar-refractivity contribution in [1.82, 2.24) is 9.97 Å². The van der Waals surface area contributed by atoms with Gasteiger partial charge in [0.05, 0.1) is 0 Å². The SMILES string of the molecule is CCCNc1ncc(C)c(N(C)C(C)C2CC2)n1. The minimum Gasteiger partial charge on any atom is -0.356 e. The fourth-order valence-corrected chi connectivity index (χ4v) is 2.20. The zero-order valence-electron chi connectivity index (χ0n) is 11.9. The van der Waals surface area contributed by atoms with Gasteiger partial charge >= 0.3 is 0 Å². The first kappa shape index (κ1) is 13.1. The highest BCUT2D eigenvalue weighted by molar-refractivity contribution is 5.49. The smallest absolute Gasteiger partial charge is 0.224 e. The molecule has 0 spiro atoms. The Morgan fingerprint density at radius 1 is 1.50 bits per heavy atom. The summed E-state index contributed by atoms with van der Waals surface area (Å²) in [5.41, 5.74) is 1.15. The monoisotopic (exact) mass is 248 g/mol. The fraction of sp³-hybridized carbons (Fsp3) is 0.714. The number of hydrogen-bond acceptors (Lipinski definition) is 4. The Bertz CT molecular complexity index is 401. The number of aromatic nitrogens is 2. The van der Waals surface area contributed by atoms with Crippen LogP contribution in [-0.4, -0.2) is 29.6 Å². The maximum absolute atomic E-state index is 4.64. The molecule has 1 heterocycles. The Kier molecular flexibility index (Phi) is 4.04. The molecule has 1 aromatic heterocycles. The van der Waals surface area contributed by atoms with Gasteiger partial charge < -0.3 is 10.2 Å². The van der Waals surface area contributed by atoms with Crippen molar-refractivity contribution in [1.29, 1.82) is 0 Å². The van der Waals surface area contributed by atoms with Crippen LogP contribution in [0.4, 0.5) is 11.8 Å². The first-order chi connectivity index (χ1) is 8.63. The van der Waals surface area contributed by atoms with Crippen LogP contribution in [0.25, 0.3) is 0 Å². The Morgan fingerprint density at radius 2 is 2.22 bits per heavy atom. The Balaban J connectivity index is 2.13. The van der Waals surface area contributed by atoms with Crippen LogP contribution in [0.2, 0.25) is 0 Å². The van der Waals surface area contributed by atoms with Gasteiger partial charge in [-0.15, -0.1) is 0 Å². The van der Waals surface area contributed by atoms with Crippen LogP contribution in [0.15, 0.2) is 6.20 Å². The lowest BCUT2D eigenvalue weighted by molar-refractivity contribution is 0.602. The summed E-state index contributed by atoms with van der Waals surface area (Å²) in [6.45, 7) is 7.43. The van der Waals surface area contributed by atoms with Gasteiger partial charge in [0.1, 0.15) is 5.82 Å². The van der Waals surface area contributed by atoms with Gasteiger partial charge in [-0.1, -0.05) is 6.92 Å². The lowest BCUT2D eigenvalue weighted by Gasteiger charge is -2.27. The fourth-order valence-electron chi connectivity index (χ4n) is 2.20. The third-order valence-electron chi connectivity index (χ3n) is 3.73. The second-order valence-corrected chi connectivity index (χ2v) is 5.32. The van der Waals surface area contributed by atoms with E-state index in [-0.39, 0.29) is 0 Å². The topological polar surface area (TPSA) is 41.1 Å². The molecule has 4 heteroatoms. The summed E-state index contributed by atoms with van der Waals surface area (Å²) >= 11 is 0. The predicted molar refractivity (Wildman–Crippen MR) is 76.1 cm³/mol. The van der Waals surface area contributed by atoms with E-state index in [1.807, 2.05) is 6.20 Å². The van der Waals surface area contributed by atoms with Crippen molar-refractivity contribution < 1.29 is 0 Å². The maximum atomic E-state index is 4.64. The number of hydrogen-bond donors (Lipinski definition) is 1. The molecule has 1 aromatic rings. The van der Waals surface area contributed by atoms with Crippen LogP contribution in [0.5, 0.6) is 0 Å². The molecule has 1 saturated carbocycles. The molecule has 1 atom stereocenters. The van der Waals surface area contributed by atoms with Crippen LogP contribution in [0.3, 0.4) is 0 Å². The van der Waals surface area contributed by atoms with E-state index in [4.69, 9.17) is 0 Å². The van der Waals surface area contributed by atoms with Crippen LogP contribution in [0, 0.1) is 12.8 Å². The van der Waals surface area contributed by atoms with Gasteiger partial charge in [0.15, 0.2) is 0 Å². The molecule has 1 aliphatic carbocycles. The van der Waals surface area contributed by atoms with Crippen molar-refractivity contribution >= 4 is 11.8 Å². The van der Waals surface area contributed by atoms with E-state index < -0.39 is 0 Å². The quantitative estimate of drug-likeness (QED) is 0.840. The van der Waals surface area contributed by atoms with Crippen molar-refractivity contribution in [3.63, 3.8) is 0 Å². The highest BCUT2D eigenvalue weighted by Gasteiger charge is 2.31. The molecule has 0 saturated heterocycles. The molecular weight excluding hydrogens is 224 g/mol. The highest BCUT2D eigenvalue weighted by Crippen LogP contribution is 2.36. The standard InChI is InChI=1S/C14H24N4/c1-5-8-15-14-16-9-10(2)13(17-14)18(4)11(3)12-6-7-12/h9,11-12H,5-8H2,1-4H3,(H,15,16,17). The summed E-state index contributed by atoms with van der Waals surface area (Å²) in [7, 11) is 2.14. The summed E-state index contributed by atoms with van der Waals surface area (Å²) in [5.74, 6) is 2.65. The second-order valence-electron chi connectivity index (χ2n) is 5.32. The molecule has 100 valence electrons. The van der Waals surface area contributed by atoms with Gasteiger partial charge in [0, 0.05) is 31.4 Å². The molecule has 1 unspecified atom stereocenters. The lowest BCUT2D eigenvalue weighted by Crippen LogP contribution is -2.32. The molecular formula is C14H24N4. The summed E-state index contributed by atoms with van der Waals surface area (Å²) in [4.78, 5) is 11.3. The van der Waals surface area contributed by atoms with E-state index in [9.17, 15) is 0 Å².